The number of hydrogen-bond acceptors (Lipinski definition) is 2. The van der Waals surface area contributed by atoms with Gasteiger partial charge in [-0.3, -0.25) is 0 Å². The van der Waals surface area contributed by atoms with Crippen LogP contribution in [0.1, 0.15) is 44.9 Å². The summed E-state index contributed by atoms with van der Waals surface area (Å²) >= 11 is 0. The number of fused-ring (bicyclic) bond motifs is 1. The van der Waals surface area contributed by atoms with Crippen LogP contribution in [0.15, 0.2) is 0 Å². The van der Waals surface area contributed by atoms with Crippen molar-refractivity contribution in [2.75, 3.05) is 26.2 Å². The quantitative estimate of drug-likeness (QED) is 0.771. The number of nitrogens with zero attached hydrogens (tertiary/aromatic N) is 1. The van der Waals surface area contributed by atoms with Gasteiger partial charge < -0.3 is 10.2 Å². The van der Waals surface area contributed by atoms with Crippen molar-refractivity contribution < 1.29 is 0 Å². The van der Waals surface area contributed by atoms with Crippen molar-refractivity contribution in [1.29, 1.82) is 0 Å². The minimum Gasteiger partial charge on any atom is -0.312 e. The predicted octanol–water partition coefficient (Wildman–Crippen LogP) is 2.25. The highest BCUT2D eigenvalue weighted by Crippen LogP contribution is 2.37. The number of hydrogen-bond donors (Lipinski definition) is 1. The number of nitrogens with one attached hydrogen (secondary N) is 1. The van der Waals surface area contributed by atoms with E-state index in [-0.39, 0.29) is 0 Å². The summed E-state index contributed by atoms with van der Waals surface area (Å²) in [4.78, 5) is 2.69. The molecule has 0 aromatic rings. The molecule has 3 fully saturated rings. The summed E-state index contributed by atoms with van der Waals surface area (Å²) in [5, 5.41) is 3.80. The van der Waals surface area contributed by atoms with Gasteiger partial charge in [0.25, 0.3) is 0 Å². The van der Waals surface area contributed by atoms with Crippen molar-refractivity contribution in [1.82, 2.24) is 10.2 Å². The first-order valence-electron chi connectivity index (χ1n) is 7.39. The van der Waals surface area contributed by atoms with E-state index in [4.69, 9.17) is 0 Å². The highest BCUT2D eigenvalue weighted by molar-refractivity contribution is 4.91. The molecule has 2 aliphatic heterocycles. The van der Waals surface area contributed by atoms with Crippen LogP contribution in [0.4, 0.5) is 0 Å². The third kappa shape index (κ3) is 2.28. The normalized spacial score (nSPS) is 40.9. The molecule has 1 N–H and O–H groups in total. The standard InChI is InChI=1S/C14H26N2/c1-2-6-13-12(5-1)7-8-15-14(13)11-16-9-3-4-10-16/h12-15H,1-11H2/t12-,13+,14+/m0/s1. The minimum absolute atomic E-state index is 0.817. The summed E-state index contributed by atoms with van der Waals surface area (Å²) in [5.41, 5.74) is 0. The molecule has 1 saturated carbocycles. The molecule has 0 amide bonds. The molecule has 0 bridgehead atoms. The van der Waals surface area contributed by atoms with Crippen LogP contribution >= 0.6 is 0 Å². The molecule has 0 radical (unpaired) electrons. The number of piperidine rings is 1. The second kappa shape index (κ2) is 5.05. The molecule has 3 aliphatic rings. The zero-order chi connectivity index (χ0) is 10.8. The molecule has 3 rings (SSSR count). The van der Waals surface area contributed by atoms with E-state index in [1.54, 1.807) is 0 Å². The van der Waals surface area contributed by atoms with Crippen molar-refractivity contribution in [2.45, 2.75) is 51.0 Å². The van der Waals surface area contributed by atoms with Gasteiger partial charge in [-0.1, -0.05) is 19.3 Å². The second-order valence-corrected chi connectivity index (χ2v) is 6.07. The van der Waals surface area contributed by atoms with Gasteiger partial charge >= 0.3 is 0 Å². The summed E-state index contributed by atoms with van der Waals surface area (Å²) < 4.78 is 0. The second-order valence-electron chi connectivity index (χ2n) is 6.07. The van der Waals surface area contributed by atoms with E-state index in [1.165, 1.54) is 71.1 Å². The SMILES string of the molecule is C1CC[C@@H]2[C@@H](C1)CCN[C@@H]2CN1CCCC1. The molecule has 92 valence electrons. The van der Waals surface area contributed by atoms with E-state index in [0.717, 1.165) is 17.9 Å². The third-order valence-corrected chi connectivity index (χ3v) is 5.06. The molecule has 0 spiro atoms. The summed E-state index contributed by atoms with van der Waals surface area (Å²) in [5.74, 6) is 2.06. The maximum atomic E-state index is 3.80. The Morgan fingerprint density at radius 3 is 2.62 bits per heavy atom. The van der Waals surface area contributed by atoms with Gasteiger partial charge in [0, 0.05) is 12.6 Å². The Bertz CT molecular complexity index is 221. The largest absolute Gasteiger partial charge is 0.312 e. The third-order valence-electron chi connectivity index (χ3n) is 5.06. The smallest absolute Gasteiger partial charge is 0.0225 e. The number of likely N-dealkylation sites (tertiary alicyclic amines) is 1. The fourth-order valence-corrected chi connectivity index (χ4v) is 4.17. The molecule has 2 saturated heterocycles. The van der Waals surface area contributed by atoms with Crippen LogP contribution in [-0.4, -0.2) is 37.1 Å². The highest BCUT2D eigenvalue weighted by atomic mass is 15.2. The summed E-state index contributed by atoms with van der Waals surface area (Å²) in [6, 6.07) is 0.817. The van der Waals surface area contributed by atoms with Crippen LogP contribution in [0, 0.1) is 11.8 Å². The monoisotopic (exact) mass is 222 g/mol. The molecule has 2 heteroatoms. The van der Waals surface area contributed by atoms with Crippen LogP contribution in [0.25, 0.3) is 0 Å². The van der Waals surface area contributed by atoms with Gasteiger partial charge in [-0.05, 0) is 57.2 Å². The Morgan fingerprint density at radius 1 is 0.938 bits per heavy atom. The molecule has 0 aromatic carbocycles. The predicted molar refractivity (Wildman–Crippen MR) is 67.5 cm³/mol. The average Bonchev–Trinajstić information content (AvgIpc) is 2.82. The average molecular weight is 222 g/mol. The lowest BCUT2D eigenvalue weighted by Crippen LogP contribution is -2.52. The van der Waals surface area contributed by atoms with E-state index in [1.807, 2.05) is 0 Å². The van der Waals surface area contributed by atoms with E-state index in [0.29, 0.717) is 0 Å². The van der Waals surface area contributed by atoms with Crippen LogP contribution in [-0.2, 0) is 0 Å². The molecule has 2 heterocycles. The zero-order valence-corrected chi connectivity index (χ0v) is 10.5. The molecular formula is C14H26N2. The van der Waals surface area contributed by atoms with Crippen molar-refractivity contribution in [3.63, 3.8) is 0 Å². The van der Waals surface area contributed by atoms with Gasteiger partial charge in [0.1, 0.15) is 0 Å². The van der Waals surface area contributed by atoms with Crippen LogP contribution in [0.2, 0.25) is 0 Å². The zero-order valence-electron chi connectivity index (χ0n) is 10.5. The van der Waals surface area contributed by atoms with Crippen molar-refractivity contribution >= 4 is 0 Å². The first-order chi connectivity index (χ1) is 7.93. The Hall–Kier alpha value is -0.0800. The van der Waals surface area contributed by atoms with Crippen molar-refractivity contribution in [2.24, 2.45) is 11.8 Å². The lowest BCUT2D eigenvalue weighted by Gasteiger charge is -2.43. The lowest BCUT2D eigenvalue weighted by molar-refractivity contribution is 0.110. The summed E-state index contributed by atoms with van der Waals surface area (Å²) in [6.07, 6.45) is 10.3. The molecule has 0 unspecified atom stereocenters. The molecular weight excluding hydrogens is 196 g/mol. The topological polar surface area (TPSA) is 15.3 Å². The Morgan fingerprint density at radius 2 is 1.75 bits per heavy atom. The van der Waals surface area contributed by atoms with E-state index < -0.39 is 0 Å². The van der Waals surface area contributed by atoms with Crippen molar-refractivity contribution in [3.05, 3.63) is 0 Å². The fraction of sp³-hybridized carbons (Fsp3) is 1.00. The number of rotatable bonds is 2. The van der Waals surface area contributed by atoms with Gasteiger partial charge in [0.05, 0.1) is 0 Å². The Balaban J connectivity index is 1.59. The van der Waals surface area contributed by atoms with Crippen LogP contribution < -0.4 is 5.32 Å². The minimum atomic E-state index is 0.817. The van der Waals surface area contributed by atoms with E-state index in [9.17, 15) is 0 Å². The highest BCUT2D eigenvalue weighted by Gasteiger charge is 2.35. The molecule has 0 aromatic heterocycles. The van der Waals surface area contributed by atoms with Gasteiger partial charge in [0.2, 0.25) is 0 Å². The Labute approximate surface area is 99.8 Å². The van der Waals surface area contributed by atoms with E-state index >= 15 is 0 Å². The van der Waals surface area contributed by atoms with Crippen molar-refractivity contribution in [3.8, 4) is 0 Å². The van der Waals surface area contributed by atoms with E-state index in [2.05, 4.69) is 10.2 Å². The summed E-state index contributed by atoms with van der Waals surface area (Å²) in [7, 11) is 0. The van der Waals surface area contributed by atoms with Gasteiger partial charge in [-0.2, -0.15) is 0 Å². The molecule has 2 nitrogen and oxygen atoms in total. The first-order valence-corrected chi connectivity index (χ1v) is 7.39. The molecule has 16 heavy (non-hydrogen) atoms. The van der Waals surface area contributed by atoms with Gasteiger partial charge in [-0.25, -0.2) is 0 Å². The first kappa shape index (κ1) is 11.0. The molecule has 3 atom stereocenters. The van der Waals surface area contributed by atoms with Gasteiger partial charge in [0.15, 0.2) is 0 Å². The maximum Gasteiger partial charge on any atom is 0.0225 e. The summed E-state index contributed by atoms with van der Waals surface area (Å²) in [6.45, 7) is 5.33. The Kier molecular flexibility index (Phi) is 3.49. The fourth-order valence-electron chi connectivity index (χ4n) is 4.17. The van der Waals surface area contributed by atoms with Gasteiger partial charge in [-0.15, -0.1) is 0 Å². The van der Waals surface area contributed by atoms with Crippen LogP contribution in [0.3, 0.4) is 0 Å². The maximum absolute atomic E-state index is 3.80. The lowest BCUT2D eigenvalue weighted by atomic mass is 9.71. The molecule has 1 aliphatic carbocycles. The van der Waals surface area contributed by atoms with Crippen LogP contribution in [0.5, 0.6) is 0 Å².